The van der Waals surface area contributed by atoms with Gasteiger partial charge in [0.05, 0.1) is 12.6 Å². The van der Waals surface area contributed by atoms with Gasteiger partial charge in [0.25, 0.3) is 5.91 Å². The molecule has 1 fully saturated rings. The minimum Gasteiger partial charge on any atom is -0.503 e. The van der Waals surface area contributed by atoms with Crippen LogP contribution in [0.4, 0.5) is 0 Å². The van der Waals surface area contributed by atoms with E-state index >= 15 is 0 Å². The van der Waals surface area contributed by atoms with Crippen molar-refractivity contribution in [3.05, 3.63) is 11.3 Å². The molecule has 1 amide bonds. The molecule has 5 nitrogen and oxygen atoms in total. The van der Waals surface area contributed by atoms with Crippen LogP contribution in [0, 0.1) is 0 Å². The average molecular weight is 255 g/mol. The van der Waals surface area contributed by atoms with Crippen molar-refractivity contribution in [2.45, 2.75) is 46.1 Å². The Bertz CT molecular complexity index is 362. The molecule has 18 heavy (non-hydrogen) atoms. The Morgan fingerprint density at radius 1 is 1.44 bits per heavy atom. The molecule has 0 aromatic carbocycles. The molecule has 0 spiro atoms. The molecule has 1 unspecified atom stereocenters. The fourth-order valence-electron chi connectivity index (χ4n) is 2.33. The first-order chi connectivity index (χ1) is 8.66. The van der Waals surface area contributed by atoms with Crippen molar-refractivity contribution in [1.82, 2.24) is 4.90 Å². The predicted octanol–water partition coefficient (Wildman–Crippen LogP) is 1.78. The Morgan fingerprint density at radius 2 is 2.11 bits per heavy atom. The molecule has 1 saturated heterocycles. The number of esters is 1. The van der Waals surface area contributed by atoms with Crippen molar-refractivity contribution >= 4 is 11.9 Å². The van der Waals surface area contributed by atoms with Crippen molar-refractivity contribution in [2.75, 3.05) is 13.2 Å². The standard InChI is InChI=1S/C11H15NO4.C2H6/c1-2-16-11(15)8-7-5-3-4-6-12(7)10(14)9(8)13;1-2/h7,13H,2-6H2,1H3;1-2H3. The highest BCUT2D eigenvalue weighted by Crippen LogP contribution is 2.32. The van der Waals surface area contributed by atoms with Gasteiger partial charge in [-0.15, -0.1) is 0 Å². The lowest BCUT2D eigenvalue weighted by Gasteiger charge is -2.30. The second-order valence-electron chi connectivity index (χ2n) is 3.99. The first-order valence-electron chi connectivity index (χ1n) is 6.58. The van der Waals surface area contributed by atoms with Crippen LogP contribution in [0.1, 0.15) is 40.0 Å². The minimum absolute atomic E-state index is 0.145. The van der Waals surface area contributed by atoms with Gasteiger partial charge in [0.1, 0.15) is 5.57 Å². The van der Waals surface area contributed by atoms with Gasteiger partial charge in [0, 0.05) is 6.54 Å². The molecule has 1 N–H and O–H groups in total. The van der Waals surface area contributed by atoms with E-state index in [9.17, 15) is 14.7 Å². The summed E-state index contributed by atoms with van der Waals surface area (Å²) in [6.07, 6.45) is 2.61. The third-order valence-electron chi connectivity index (χ3n) is 3.05. The molecule has 2 aliphatic rings. The molecule has 0 radical (unpaired) electrons. The van der Waals surface area contributed by atoms with E-state index in [0.717, 1.165) is 19.3 Å². The third kappa shape index (κ3) is 2.49. The number of rotatable bonds is 2. The largest absolute Gasteiger partial charge is 0.503 e. The van der Waals surface area contributed by atoms with Gasteiger partial charge in [0.15, 0.2) is 5.76 Å². The number of amides is 1. The Balaban J connectivity index is 0.000000771. The fraction of sp³-hybridized carbons (Fsp3) is 0.692. The second-order valence-corrected chi connectivity index (χ2v) is 3.99. The maximum absolute atomic E-state index is 11.7. The number of fused-ring (bicyclic) bond motifs is 1. The lowest BCUT2D eigenvalue weighted by molar-refractivity contribution is -0.139. The normalized spacial score (nSPS) is 22.3. The summed E-state index contributed by atoms with van der Waals surface area (Å²) >= 11 is 0. The summed E-state index contributed by atoms with van der Waals surface area (Å²) in [4.78, 5) is 24.9. The zero-order valence-electron chi connectivity index (χ0n) is 11.2. The van der Waals surface area contributed by atoms with Gasteiger partial charge >= 0.3 is 5.97 Å². The van der Waals surface area contributed by atoms with Crippen LogP contribution in [0.3, 0.4) is 0 Å². The molecule has 2 heterocycles. The molecule has 0 bridgehead atoms. The van der Waals surface area contributed by atoms with Crippen LogP contribution in [0.5, 0.6) is 0 Å². The van der Waals surface area contributed by atoms with Crippen LogP contribution < -0.4 is 0 Å². The van der Waals surface area contributed by atoms with Crippen LogP contribution >= 0.6 is 0 Å². The summed E-state index contributed by atoms with van der Waals surface area (Å²) < 4.78 is 4.86. The van der Waals surface area contributed by atoms with Gasteiger partial charge in [-0.3, -0.25) is 4.79 Å². The summed E-state index contributed by atoms with van der Waals surface area (Å²) in [6.45, 7) is 6.55. The number of aliphatic hydroxyl groups is 1. The highest BCUT2D eigenvalue weighted by molar-refractivity contribution is 6.06. The number of aliphatic hydroxyl groups excluding tert-OH is 1. The van der Waals surface area contributed by atoms with Gasteiger partial charge in [-0.25, -0.2) is 4.79 Å². The van der Waals surface area contributed by atoms with Crippen LogP contribution in [-0.4, -0.2) is 41.1 Å². The van der Waals surface area contributed by atoms with E-state index in [-0.39, 0.29) is 18.2 Å². The van der Waals surface area contributed by atoms with E-state index < -0.39 is 17.6 Å². The Morgan fingerprint density at radius 3 is 2.72 bits per heavy atom. The molecule has 5 heteroatoms. The van der Waals surface area contributed by atoms with E-state index in [2.05, 4.69) is 0 Å². The van der Waals surface area contributed by atoms with Gasteiger partial charge < -0.3 is 14.7 Å². The van der Waals surface area contributed by atoms with Crippen molar-refractivity contribution in [1.29, 1.82) is 0 Å². The monoisotopic (exact) mass is 255 g/mol. The molecular formula is C13H21NO4. The minimum atomic E-state index is -0.567. The highest BCUT2D eigenvalue weighted by Gasteiger charge is 2.44. The number of hydrogen-bond acceptors (Lipinski definition) is 4. The fourth-order valence-corrected chi connectivity index (χ4v) is 2.33. The molecule has 2 aliphatic heterocycles. The molecule has 1 atom stereocenters. The predicted molar refractivity (Wildman–Crippen MR) is 67.0 cm³/mol. The summed E-state index contributed by atoms with van der Waals surface area (Å²) in [5, 5.41) is 9.67. The SMILES string of the molecule is CC.CCOC(=O)C1=C(O)C(=O)N2CCCCC12. The maximum atomic E-state index is 11.7. The average Bonchev–Trinajstić information content (AvgIpc) is 2.65. The number of carbonyl (C=O) groups is 2. The second kappa shape index (κ2) is 6.42. The molecule has 0 aromatic heterocycles. The van der Waals surface area contributed by atoms with Crippen LogP contribution in [0.25, 0.3) is 0 Å². The van der Waals surface area contributed by atoms with E-state index in [4.69, 9.17) is 4.74 Å². The van der Waals surface area contributed by atoms with Crippen molar-refractivity contribution in [3.8, 4) is 0 Å². The Hall–Kier alpha value is -1.52. The number of nitrogens with zero attached hydrogens (tertiary/aromatic N) is 1. The van der Waals surface area contributed by atoms with Gasteiger partial charge in [-0.2, -0.15) is 0 Å². The van der Waals surface area contributed by atoms with Gasteiger partial charge in [0.2, 0.25) is 0 Å². The highest BCUT2D eigenvalue weighted by atomic mass is 16.5. The topological polar surface area (TPSA) is 66.8 Å². The number of carbonyl (C=O) groups excluding carboxylic acids is 2. The maximum Gasteiger partial charge on any atom is 0.340 e. The van der Waals surface area contributed by atoms with E-state index in [1.807, 2.05) is 13.8 Å². The van der Waals surface area contributed by atoms with Crippen LogP contribution in [-0.2, 0) is 14.3 Å². The van der Waals surface area contributed by atoms with E-state index in [0.29, 0.717) is 6.54 Å². The quantitative estimate of drug-likeness (QED) is 0.764. The van der Waals surface area contributed by atoms with Crippen molar-refractivity contribution in [3.63, 3.8) is 0 Å². The summed E-state index contributed by atoms with van der Waals surface area (Å²) in [5.41, 5.74) is 0.145. The number of ether oxygens (including phenoxy) is 1. The zero-order valence-corrected chi connectivity index (χ0v) is 11.2. The van der Waals surface area contributed by atoms with Crippen molar-refractivity contribution < 1.29 is 19.4 Å². The molecule has 0 aromatic rings. The first kappa shape index (κ1) is 14.5. The molecule has 102 valence electrons. The molecule has 0 saturated carbocycles. The number of hydrogen-bond donors (Lipinski definition) is 1. The molecule has 0 aliphatic carbocycles. The smallest absolute Gasteiger partial charge is 0.340 e. The Kier molecular flexibility index (Phi) is 5.19. The Labute approximate surface area is 107 Å². The van der Waals surface area contributed by atoms with Gasteiger partial charge in [-0.1, -0.05) is 13.8 Å². The van der Waals surface area contributed by atoms with Gasteiger partial charge in [-0.05, 0) is 26.2 Å². The first-order valence-corrected chi connectivity index (χ1v) is 6.58. The van der Waals surface area contributed by atoms with Crippen molar-refractivity contribution in [2.24, 2.45) is 0 Å². The molecule has 2 rings (SSSR count). The zero-order chi connectivity index (χ0) is 13.7. The summed E-state index contributed by atoms with van der Waals surface area (Å²) in [7, 11) is 0. The van der Waals surface area contributed by atoms with E-state index in [1.54, 1.807) is 11.8 Å². The summed E-state index contributed by atoms with van der Waals surface area (Å²) in [5.74, 6) is -1.43. The third-order valence-corrected chi connectivity index (χ3v) is 3.05. The van der Waals surface area contributed by atoms with Crippen LogP contribution in [0.2, 0.25) is 0 Å². The number of piperidine rings is 1. The van der Waals surface area contributed by atoms with Crippen LogP contribution in [0.15, 0.2) is 11.3 Å². The lowest BCUT2D eigenvalue weighted by Crippen LogP contribution is -2.40. The summed E-state index contributed by atoms with van der Waals surface area (Å²) in [6, 6.07) is -0.278. The van der Waals surface area contributed by atoms with E-state index in [1.165, 1.54) is 0 Å². The molecular weight excluding hydrogens is 234 g/mol. The lowest BCUT2D eigenvalue weighted by atomic mass is 9.98.